The summed E-state index contributed by atoms with van der Waals surface area (Å²) in [5.74, 6) is -0.116. The van der Waals surface area contributed by atoms with Gasteiger partial charge in [0, 0.05) is 13.1 Å². The number of nitrogens with zero attached hydrogens (tertiary/aromatic N) is 3. The second-order valence-corrected chi connectivity index (χ2v) is 5.01. The topological polar surface area (TPSA) is 66.3 Å². The molecule has 0 aromatic carbocycles. The Morgan fingerprint density at radius 3 is 2.22 bits per heavy atom. The minimum atomic E-state index is -0.955. The summed E-state index contributed by atoms with van der Waals surface area (Å²) < 4.78 is 0. The SMILES string of the molecule is Cc1nnc(N(C)C(C)C(C)C)c(C(=O)O)c1C. The van der Waals surface area contributed by atoms with Crippen LogP contribution in [0.3, 0.4) is 0 Å². The minimum absolute atomic E-state index is 0.194. The highest BCUT2D eigenvalue weighted by molar-refractivity contribution is 5.95. The van der Waals surface area contributed by atoms with E-state index in [-0.39, 0.29) is 11.6 Å². The first kappa shape index (κ1) is 14.4. The number of aromatic nitrogens is 2. The zero-order valence-electron chi connectivity index (χ0n) is 11.9. The van der Waals surface area contributed by atoms with Crippen molar-refractivity contribution >= 4 is 11.8 Å². The summed E-state index contributed by atoms with van der Waals surface area (Å²) in [5, 5.41) is 17.4. The van der Waals surface area contributed by atoms with Crippen molar-refractivity contribution in [2.75, 3.05) is 11.9 Å². The number of carboxylic acids is 1. The van der Waals surface area contributed by atoms with E-state index in [1.807, 2.05) is 18.9 Å². The molecule has 5 nitrogen and oxygen atoms in total. The van der Waals surface area contributed by atoms with Gasteiger partial charge >= 0.3 is 5.97 Å². The predicted molar refractivity (Wildman–Crippen MR) is 71.2 cm³/mol. The Hall–Kier alpha value is -1.65. The van der Waals surface area contributed by atoms with E-state index in [0.717, 1.165) is 0 Å². The number of carboxylic acid groups (broad SMARTS) is 1. The van der Waals surface area contributed by atoms with Crippen LogP contribution in [-0.4, -0.2) is 34.4 Å². The molecule has 0 bridgehead atoms. The van der Waals surface area contributed by atoms with E-state index < -0.39 is 5.97 Å². The smallest absolute Gasteiger partial charge is 0.339 e. The second kappa shape index (κ2) is 5.33. The third-order valence-corrected chi connectivity index (χ3v) is 3.56. The fourth-order valence-corrected chi connectivity index (χ4v) is 1.74. The van der Waals surface area contributed by atoms with Crippen molar-refractivity contribution in [3.8, 4) is 0 Å². The molecule has 1 atom stereocenters. The summed E-state index contributed by atoms with van der Waals surface area (Å²) in [5.41, 5.74) is 1.58. The van der Waals surface area contributed by atoms with Crippen molar-refractivity contribution in [2.45, 2.75) is 40.7 Å². The van der Waals surface area contributed by atoms with E-state index in [0.29, 0.717) is 23.0 Å². The van der Waals surface area contributed by atoms with Crippen LogP contribution in [0.4, 0.5) is 5.82 Å². The Morgan fingerprint density at radius 2 is 1.78 bits per heavy atom. The molecule has 100 valence electrons. The third kappa shape index (κ3) is 2.60. The number of aryl methyl sites for hydroxylation is 1. The van der Waals surface area contributed by atoms with Gasteiger partial charge in [0.05, 0.1) is 5.69 Å². The van der Waals surface area contributed by atoms with Gasteiger partial charge in [-0.2, -0.15) is 5.10 Å². The van der Waals surface area contributed by atoms with Gasteiger partial charge in [0.25, 0.3) is 0 Å². The highest BCUT2D eigenvalue weighted by Gasteiger charge is 2.24. The molecule has 0 radical (unpaired) electrons. The zero-order chi connectivity index (χ0) is 14.0. The Balaban J connectivity index is 3.33. The molecule has 0 aliphatic rings. The molecule has 1 N–H and O–H groups in total. The Bertz CT molecular complexity index is 458. The lowest BCUT2D eigenvalue weighted by Crippen LogP contribution is -2.35. The quantitative estimate of drug-likeness (QED) is 0.889. The van der Waals surface area contributed by atoms with E-state index in [1.54, 1.807) is 13.8 Å². The fourth-order valence-electron chi connectivity index (χ4n) is 1.74. The number of carbonyl (C=O) groups is 1. The lowest BCUT2D eigenvalue weighted by Gasteiger charge is -2.30. The van der Waals surface area contributed by atoms with Crippen LogP contribution in [0, 0.1) is 19.8 Å². The number of aromatic carboxylic acids is 1. The van der Waals surface area contributed by atoms with Gasteiger partial charge in [-0.3, -0.25) is 0 Å². The van der Waals surface area contributed by atoms with Crippen molar-refractivity contribution in [1.82, 2.24) is 10.2 Å². The van der Waals surface area contributed by atoms with E-state index in [2.05, 4.69) is 24.0 Å². The highest BCUT2D eigenvalue weighted by atomic mass is 16.4. The molecule has 0 aliphatic carbocycles. The number of hydrogen-bond donors (Lipinski definition) is 1. The molecule has 0 saturated carbocycles. The lowest BCUT2D eigenvalue weighted by molar-refractivity contribution is 0.0696. The number of hydrogen-bond acceptors (Lipinski definition) is 4. The molecular weight excluding hydrogens is 230 g/mol. The maximum absolute atomic E-state index is 11.4. The van der Waals surface area contributed by atoms with Crippen LogP contribution in [0.1, 0.15) is 42.4 Å². The minimum Gasteiger partial charge on any atom is -0.478 e. The van der Waals surface area contributed by atoms with Crippen LogP contribution in [0.5, 0.6) is 0 Å². The molecular formula is C13H21N3O2. The van der Waals surface area contributed by atoms with Crippen molar-refractivity contribution in [1.29, 1.82) is 0 Å². The summed E-state index contributed by atoms with van der Waals surface area (Å²) in [7, 11) is 1.86. The van der Waals surface area contributed by atoms with Crippen LogP contribution in [0.2, 0.25) is 0 Å². The first-order valence-electron chi connectivity index (χ1n) is 6.07. The van der Waals surface area contributed by atoms with E-state index in [4.69, 9.17) is 0 Å². The maximum Gasteiger partial charge on any atom is 0.339 e. The Labute approximate surface area is 108 Å². The van der Waals surface area contributed by atoms with Crippen LogP contribution >= 0.6 is 0 Å². The van der Waals surface area contributed by atoms with Gasteiger partial charge in [0.2, 0.25) is 0 Å². The maximum atomic E-state index is 11.4. The van der Waals surface area contributed by atoms with Gasteiger partial charge in [-0.05, 0) is 32.3 Å². The molecule has 0 amide bonds. The van der Waals surface area contributed by atoms with E-state index in [9.17, 15) is 9.90 Å². The molecule has 0 aliphatic heterocycles. The number of rotatable bonds is 4. The molecule has 0 fully saturated rings. The van der Waals surface area contributed by atoms with Crippen molar-refractivity contribution in [3.05, 3.63) is 16.8 Å². The molecule has 1 aromatic rings. The lowest BCUT2D eigenvalue weighted by atomic mass is 10.0. The van der Waals surface area contributed by atoms with Gasteiger partial charge < -0.3 is 10.0 Å². The second-order valence-electron chi connectivity index (χ2n) is 5.01. The summed E-state index contributed by atoms with van der Waals surface area (Å²) in [4.78, 5) is 13.3. The van der Waals surface area contributed by atoms with Gasteiger partial charge in [-0.1, -0.05) is 13.8 Å². The normalized spacial score (nSPS) is 12.6. The van der Waals surface area contributed by atoms with Crippen molar-refractivity contribution in [3.63, 3.8) is 0 Å². The summed E-state index contributed by atoms with van der Waals surface area (Å²) in [6.45, 7) is 9.77. The van der Waals surface area contributed by atoms with Crippen LogP contribution in [-0.2, 0) is 0 Å². The van der Waals surface area contributed by atoms with Gasteiger partial charge in [-0.15, -0.1) is 5.10 Å². The fraction of sp³-hybridized carbons (Fsp3) is 0.615. The van der Waals surface area contributed by atoms with Crippen LogP contribution < -0.4 is 4.90 Å². The van der Waals surface area contributed by atoms with Crippen LogP contribution in [0.15, 0.2) is 0 Å². The van der Waals surface area contributed by atoms with Crippen molar-refractivity contribution in [2.24, 2.45) is 5.92 Å². The summed E-state index contributed by atoms with van der Waals surface area (Å²) in [6, 6.07) is 0.194. The van der Waals surface area contributed by atoms with Crippen molar-refractivity contribution < 1.29 is 9.90 Å². The van der Waals surface area contributed by atoms with Gasteiger partial charge in [0.15, 0.2) is 5.82 Å². The molecule has 18 heavy (non-hydrogen) atoms. The van der Waals surface area contributed by atoms with E-state index >= 15 is 0 Å². The first-order valence-corrected chi connectivity index (χ1v) is 6.07. The molecule has 1 unspecified atom stereocenters. The predicted octanol–water partition coefficient (Wildman–Crippen LogP) is 2.27. The average Bonchev–Trinajstić information content (AvgIpc) is 2.29. The monoisotopic (exact) mass is 251 g/mol. The zero-order valence-corrected chi connectivity index (χ0v) is 11.9. The van der Waals surface area contributed by atoms with Gasteiger partial charge in [0.1, 0.15) is 5.56 Å². The van der Waals surface area contributed by atoms with Crippen LogP contribution in [0.25, 0.3) is 0 Å². The largest absolute Gasteiger partial charge is 0.478 e. The highest BCUT2D eigenvalue weighted by Crippen LogP contribution is 2.24. The summed E-state index contributed by atoms with van der Waals surface area (Å²) >= 11 is 0. The Morgan fingerprint density at radius 1 is 1.22 bits per heavy atom. The van der Waals surface area contributed by atoms with E-state index in [1.165, 1.54) is 0 Å². The first-order chi connectivity index (χ1) is 8.27. The molecule has 1 heterocycles. The molecule has 1 rings (SSSR count). The average molecular weight is 251 g/mol. The third-order valence-electron chi connectivity index (χ3n) is 3.56. The van der Waals surface area contributed by atoms with Gasteiger partial charge in [-0.25, -0.2) is 4.79 Å². The molecule has 5 heteroatoms. The number of anilines is 1. The Kier molecular flexibility index (Phi) is 4.27. The molecule has 0 spiro atoms. The molecule has 1 aromatic heterocycles. The standard InChI is InChI=1S/C13H21N3O2/c1-7(2)10(5)16(6)12-11(13(17)18)8(3)9(4)14-15-12/h7,10H,1-6H3,(H,17,18). The summed E-state index contributed by atoms with van der Waals surface area (Å²) in [6.07, 6.45) is 0. The molecule has 0 saturated heterocycles.